The third-order valence-corrected chi connectivity index (χ3v) is 3.70. The Bertz CT molecular complexity index is 775. The van der Waals surface area contributed by atoms with Gasteiger partial charge in [-0.1, -0.05) is 60.7 Å². The van der Waals surface area contributed by atoms with Crippen LogP contribution in [0.1, 0.15) is 22.9 Å². The first-order valence-corrected chi connectivity index (χ1v) is 7.57. The van der Waals surface area contributed by atoms with Crippen LogP contribution in [0.5, 0.6) is 0 Å². The van der Waals surface area contributed by atoms with E-state index >= 15 is 0 Å². The van der Waals surface area contributed by atoms with Crippen molar-refractivity contribution in [1.29, 1.82) is 5.26 Å². The van der Waals surface area contributed by atoms with Crippen LogP contribution in [0, 0.1) is 11.3 Å². The predicted molar refractivity (Wildman–Crippen MR) is 91.9 cm³/mol. The monoisotopic (exact) mass is 299 g/mol. The molecule has 0 spiro atoms. The molecule has 0 saturated carbocycles. The Hall–Kier alpha value is -3.12. The molecule has 112 valence electrons. The van der Waals surface area contributed by atoms with Gasteiger partial charge in [-0.15, -0.1) is 0 Å². The van der Waals surface area contributed by atoms with Crippen LogP contribution in [0.25, 0.3) is 0 Å². The van der Waals surface area contributed by atoms with Crippen molar-refractivity contribution in [1.82, 2.24) is 4.98 Å². The van der Waals surface area contributed by atoms with Crippen LogP contribution in [-0.4, -0.2) is 4.98 Å². The van der Waals surface area contributed by atoms with E-state index in [9.17, 15) is 0 Å². The van der Waals surface area contributed by atoms with Crippen LogP contribution in [0.15, 0.2) is 79.0 Å². The largest absolute Gasteiger partial charge is 0.377 e. The number of nitrogens with one attached hydrogen (secondary N) is 1. The van der Waals surface area contributed by atoms with Crippen LogP contribution in [0.4, 0.5) is 5.69 Å². The number of rotatable bonds is 5. The highest BCUT2D eigenvalue weighted by atomic mass is 14.9. The topological polar surface area (TPSA) is 48.7 Å². The molecule has 1 unspecified atom stereocenters. The zero-order valence-electron chi connectivity index (χ0n) is 12.7. The highest BCUT2D eigenvalue weighted by Crippen LogP contribution is 2.23. The Morgan fingerprint density at radius 3 is 2.22 bits per heavy atom. The minimum Gasteiger partial charge on any atom is -0.377 e. The first kappa shape index (κ1) is 14.8. The van der Waals surface area contributed by atoms with Gasteiger partial charge >= 0.3 is 0 Å². The van der Waals surface area contributed by atoms with Gasteiger partial charge in [0.15, 0.2) is 0 Å². The van der Waals surface area contributed by atoms with Crippen molar-refractivity contribution in [3.05, 3.63) is 95.8 Å². The van der Waals surface area contributed by atoms with Gasteiger partial charge in [0.25, 0.3) is 0 Å². The number of hydrogen-bond acceptors (Lipinski definition) is 3. The Morgan fingerprint density at radius 2 is 1.61 bits per heavy atom. The maximum Gasteiger partial charge on any atom is 0.140 e. The highest BCUT2D eigenvalue weighted by Gasteiger charge is 2.12. The molecule has 2 aromatic carbocycles. The standard InChI is InChI=1S/C20H17N3/c21-14-18-11-12-19(15-22-18)23-20(17-9-5-2-6-10-17)13-16-7-3-1-4-8-16/h1-12,15,20,23H,13H2. The van der Waals surface area contributed by atoms with Gasteiger partial charge in [0, 0.05) is 0 Å². The number of nitrogens with zero attached hydrogens (tertiary/aromatic N) is 2. The minimum absolute atomic E-state index is 0.147. The lowest BCUT2D eigenvalue weighted by molar-refractivity contribution is 0.774. The van der Waals surface area contributed by atoms with Crippen molar-refractivity contribution < 1.29 is 0 Å². The number of nitriles is 1. The van der Waals surface area contributed by atoms with Gasteiger partial charge in [-0.25, -0.2) is 4.98 Å². The van der Waals surface area contributed by atoms with E-state index in [1.54, 1.807) is 12.3 Å². The van der Waals surface area contributed by atoms with E-state index in [1.165, 1.54) is 11.1 Å². The summed E-state index contributed by atoms with van der Waals surface area (Å²) in [6, 6.07) is 26.6. The normalized spacial score (nSPS) is 11.4. The number of pyridine rings is 1. The van der Waals surface area contributed by atoms with Crippen molar-refractivity contribution in [3.63, 3.8) is 0 Å². The van der Waals surface area contributed by atoms with Gasteiger partial charge in [-0.2, -0.15) is 5.26 Å². The fourth-order valence-corrected chi connectivity index (χ4v) is 2.53. The fourth-order valence-electron chi connectivity index (χ4n) is 2.53. The molecule has 3 aromatic rings. The molecule has 0 bridgehead atoms. The summed E-state index contributed by atoms with van der Waals surface area (Å²) in [6.07, 6.45) is 2.59. The lowest BCUT2D eigenvalue weighted by atomic mass is 9.98. The highest BCUT2D eigenvalue weighted by molar-refractivity contribution is 5.45. The van der Waals surface area contributed by atoms with Crippen LogP contribution in [-0.2, 0) is 6.42 Å². The maximum atomic E-state index is 8.85. The summed E-state index contributed by atoms with van der Waals surface area (Å²) in [5, 5.41) is 12.4. The number of benzene rings is 2. The van der Waals surface area contributed by atoms with Gasteiger partial charge < -0.3 is 5.32 Å². The maximum absolute atomic E-state index is 8.85. The molecule has 3 heteroatoms. The second-order valence-electron chi connectivity index (χ2n) is 5.34. The van der Waals surface area contributed by atoms with E-state index in [4.69, 9.17) is 5.26 Å². The second kappa shape index (κ2) is 7.24. The van der Waals surface area contributed by atoms with Crippen molar-refractivity contribution in [2.75, 3.05) is 5.32 Å². The van der Waals surface area contributed by atoms with E-state index in [0.717, 1.165) is 12.1 Å². The first-order chi connectivity index (χ1) is 11.3. The molecule has 0 aliphatic carbocycles. The molecule has 1 atom stereocenters. The van der Waals surface area contributed by atoms with E-state index in [1.807, 2.05) is 36.4 Å². The van der Waals surface area contributed by atoms with E-state index in [0.29, 0.717) is 5.69 Å². The van der Waals surface area contributed by atoms with Gasteiger partial charge in [0.1, 0.15) is 11.8 Å². The molecular formula is C20H17N3. The Kier molecular flexibility index (Phi) is 4.66. The molecule has 1 heterocycles. The molecule has 3 nitrogen and oxygen atoms in total. The molecule has 0 radical (unpaired) electrons. The summed E-state index contributed by atoms with van der Waals surface area (Å²) in [7, 11) is 0. The van der Waals surface area contributed by atoms with Crippen molar-refractivity contribution in [3.8, 4) is 6.07 Å². The van der Waals surface area contributed by atoms with E-state index in [2.05, 4.69) is 46.7 Å². The Morgan fingerprint density at radius 1 is 0.913 bits per heavy atom. The van der Waals surface area contributed by atoms with Gasteiger partial charge in [0.05, 0.1) is 17.9 Å². The van der Waals surface area contributed by atoms with Gasteiger partial charge in [-0.3, -0.25) is 0 Å². The molecule has 1 aromatic heterocycles. The second-order valence-corrected chi connectivity index (χ2v) is 5.34. The SMILES string of the molecule is N#Cc1ccc(NC(Cc2ccccc2)c2ccccc2)cn1. The van der Waals surface area contributed by atoms with Gasteiger partial charge in [-0.05, 0) is 29.7 Å². The molecule has 1 N–H and O–H groups in total. The summed E-state index contributed by atoms with van der Waals surface area (Å²) in [6.45, 7) is 0. The molecule has 0 aliphatic heterocycles. The summed E-state index contributed by atoms with van der Waals surface area (Å²) in [4.78, 5) is 4.13. The fraction of sp³-hybridized carbons (Fsp3) is 0.100. The smallest absolute Gasteiger partial charge is 0.140 e. The summed E-state index contributed by atoms with van der Waals surface area (Å²) < 4.78 is 0. The predicted octanol–water partition coefficient (Wildman–Crippen LogP) is 4.35. The lowest BCUT2D eigenvalue weighted by Crippen LogP contribution is -2.14. The third-order valence-electron chi connectivity index (χ3n) is 3.70. The van der Waals surface area contributed by atoms with Crippen molar-refractivity contribution in [2.24, 2.45) is 0 Å². The quantitative estimate of drug-likeness (QED) is 0.762. The number of anilines is 1. The van der Waals surface area contributed by atoms with Crippen molar-refractivity contribution >= 4 is 5.69 Å². The Labute approximate surface area is 136 Å². The van der Waals surface area contributed by atoms with Crippen LogP contribution < -0.4 is 5.32 Å². The molecule has 0 amide bonds. The van der Waals surface area contributed by atoms with E-state index in [-0.39, 0.29) is 6.04 Å². The zero-order valence-corrected chi connectivity index (χ0v) is 12.7. The first-order valence-electron chi connectivity index (χ1n) is 7.57. The van der Waals surface area contributed by atoms with Crippen LogP contribution >= 0.6 is 0 Å². The van der Waals surface area contributed by atoms with E-state index < -0.39 is 0 Å². The molecule has 0 saturated heterocycles. The lowest BCUT2D eigenvalue weighted by Gasteiger charge is -2.20. The third kappa shape index (κ3) is 3.96. The summed E-state index contributed by atoms with van der Waals surface area (Å²) >= 11 is 0. The average Bonchev–Trinajstić information content (AvgIpc) is 2.63. The van der Waals surface area contributed by atoms with Crippen LogP contribution in [0.2, 0.25) is 0 Å². The number of hydrogen-bond donors (Lipinski definition) is 1. The molecule has 3 rings (SSSR count). The Balaban J connectivity index is 1.84. The summed E-state index contributed by atoms with van der Waals surface area (Å²) in [5.41, 5.74) is 3.83. The van der Waals surface area contributed by atoms with Gasteiger partial charge in [0.2, 0.25) is 0 Å². The number of aromatic nitrogens is 1. The zero-order chi connectivity index (χ0) is 15.9. The molecule has 23 heavy (non-hydrogen) atoms. The molecule has 0 aliphatic rings. The van der Waals surface area contributed by atoms with Crippen LogP contribution in [0.3, 0.4) is 0 Å². The average molecular weight is 299 g/mol. The summed E-state index contributed by atoms with van der Waals surface area (Å²) in [5.74, 6) is 0. The van der Waals surface area contributed by atoms with Crippen molar-refractivity contribution in [2.45, 2.75) is 12.5 Å². The minimum atomic E-state index is 0.147. The molecule has 0 fully saturated rings. The molecular weight excluding hydrogens is 282 g/mol.